The van der Waals surface area contributed by atoms with Crippen LogP contribution in [0.1, 0.15) is 110 Å². The summed E-state index contributed by atoms with van der Waals surface area (Å²) >= 11 is 6.71. The van der Waals surface area contributed by atoms with Crippen LogP contribution < -0.4 is 4.74 Å². The Balaban J connectivity index is 1.42. The lowest BCUT2D eigenvalue weighted by molar-refractivity contribution is -0.385. The van der Waals surface area contributed by atoms with E-state index < -0.39 is 4.92 Å². The average Bonchev–Trinajstić information content (AvgIpc) is 2.99. The first-order chi connectivity index (χ1) is 20.9. The number of non-ortho nitro benzene ring substituents is 1. The Hall–Kier alpha value is -2.52. The summed E-state index contributed by atoms with van der Waals surface area (Å²) in [6.45, 7) is 2.79. The first-order valence-corrected chi connectivity index (χ1v) is 17.4. The van der Waals surface area contributed by atoms with Crippen LogP contribution in [-0.4, -0.2) is 16.6 Å². The molecule has 0 bridgehead atoms. The third-order valence-electron chi connectivity index (χ3n) is 7.69. The molecule has 0 aromatic heterocycles. The summed E-state index contributed by atoms with van der Waals surface area (Å²) in [6, 6.07) is 11.9. The molecule has 3 rings (SSSR count). The molecule has 1 N–H and O–H groups in total. The van der Waals surface area contributed by atoms with Crippen LogP contribution in [0.2, 0.25) is 0 Å². The Morgan fingerprint density at radius 1 is 0.744 bits per heavy atom. The third kappa shape index (κ3) is 11.8. The zero-order valence-corrected chi connectivity index (χ0v) is 28.5. The molecule has 0 amide bonds. The summed E-state index contributed by atoms with van der Waals surface area (Å²) in [5, 5.41) is 32.2. The fraction of sp³-hybridized carbons (Fsp3) is 0.529. The van der Waals surface area contributed by atoms with Crippen molar-refractivity contribution in [2.75, 3.05) is 6.61 Å². The fourth-order valence-electron chi connectivity index (χ4n) is 5.20. The van der Waals surface area contributed by atoms with Crippen molar-refractivity contribution in [1.29, 1.82) is 0 Å². The number of nitrogens with zero attached hydrogens (tertiary/aromatic N) is 3. The van der Waals surface area contributed by atoms with Crippen molar-refractivity contribution in [3.8, 4) is 11.5 Å². The quantitative estimate of drug-likeness (QED) is 0.0513. The van der Waals surface area contributed by atoms with Crippen LogP contribution in [0.5, 0.6) is 11.5 Å². The van der Waals surface area contributed by atoms with Gasteiger partial charge in [0.25, 0.3) is 5.69 Å². The van der Waals surface area contributed by atoms with E-state index in [0.29, 0.717) is 38.1 Å². The van der Waals surface area contributed by atoms with Gasteiger partial charge < -0.3 is 9.84 Å². The number of halogens is 2. The molecular weight excluding hydrogens is 674 g/mol. The van der Waals surface area contributed by atoms with Crippen molar-refractivity contribution < 1.29 is 14.8 Å². The monoisotopic (exact) mass is 717 g/mol. The van der Waals surface area contributed by atoms with Gasteiger partial charge in [-0.2, -0.15) is 0 Å². The average molecular weight is 720 g/mol. The van der Waals surface area contributed by atoms with E-state index in [9.17, 15) is 15.2 Å². The Bertz CT molecular complexity index is 1310. The number of unbranched alkanes of at least 4 members (excludes halogenated alkanes) is 15. The van der Waals surface area contributed by atoms with Gasteiger partial charge >= 0.3 is 0 Å². The molecule has 0 atom stereocenters. The first kappa shape index (κ1) is 35.0. The number of hydrogen-bond acceptors (Lipinski definition) is 6. The molecule has 0 aliphatic carbocycles. The van der Waals surface area contributed by atoms with Crippen LogP contribution >= 0.6 is 31.9 Å². The van der Waals surface area contributed by atoms with E-state index in [-0.39, 0.29) is 11.4 Å². The smallest absolute Gasteiger partial charge is 0.271 e. The summed E-state index contributed by atoms with van der Waals surface area (Å²) in [4.78, 5) is 10.7. The van der Waals surface area contributed by atoms with Gasteiger partial charge in [0, 0.05) is 29.0 Å². The number of nitro benzene ring substituents is 1. The lowest BCUT2D eigenvalue weighted by atomic mass is 10.0. The number of phenolic OH excluding ortho intramolecular Hbond substituents is 1. The number of hydrogen-bond donors (Lipinski definition) is 1. The number of phenols is 1. The molecule has 0 fully saturated rings. The Morgan fingerprint density at radius 2 is 1.23 bits per heavy atom. The molecule has 0 aliphatic heterocycles. The molecule has 0 saturated carbocycles. The molecule has 7 nitrogen and oxygen atoms in total. The number of benzene rings is 3. The molecule has 0 heterocycles. The number of ether oxygens (including phenoxy) is 1. The largest absolute Gasteiger partial charge is 0.504 e. The second kappa shape index (κ2) is 19.7. The highest BCUT2D eigenvalue weighted by Crippen LogP contribution is 2.43. The number of rotatable bonds is 21. The van der Waals surface area contributed by atoms with Crippen LogP contribution in [-0.2, 0) is 0 Å². The molecular formula is C34H45Br2N3O4. The van der Waals surface area contributed by atoms with E-state index in [1.807, 2.05) is 24.3 Å². The Kier molecular flexibility index (Phi) is 16.0. The molecule has 0 spiro atoms. The normalized spacial score (nSPS) is 11.5. The van der Waals surface area contributed by atoms with E-state index in [1.54, 1.807) is 6.07 Å². The molecule has 3 aromatic carbocycles. The van der Waals surface area contributed by atoms with Crippen molar-refractivity contribution in [2.45, 2.75) is 110 Å². The van der Waals surface area contributed by atoms with Gasteiger partial charge in [0.15, 0.2) is 11.5 Å². The maximum atomic E-state index is 11.1. The molecule has 9 heteroatoms. The first-order valence-electron chi connectivity index (χ1n) is 15.8. The van der Waals surface area contributed by atoms with Gasteiger partial charge in [0.2, 0.25) is 0 Å². The molecule has 0 radical (unpaired) electrons. The maximum absolute atomic E-state index is 11.1. The zero-order valence-electron chi connectivity index (χ0n) is 25.3. The predicted molar refractivity (Wildman–Crippen MR) is 183 cm³/mol. The number of fused-ring (bicyclic) bond motifs is 1. The maximum Gasteiger partial charge on any atom is 0.271 e. The zero-order chi connectivity index (χ0) is 30.9. The summed E-state index contributed by atoms with van der Waals surface area (Å²) in [7, 11) is 0. The van der Waals surface area contributed by atoms with Gasteiger partial charge in [-0.3, -0.25) is 10.1 Å². The predicted octanol–water partition coefficient (Wildman–Crippen LogP) is 13.0. The topological polar surface area (TPSA) is 97.3 Å². The van der Waals surface area contributed by atoms with Crippen LogP contribution in [0.25, 0.3) is 10.8 Å². The molecule has 0 saturated heterocycles. The van der Waals surface area contributed by atoms with Crippen LogP contribution in [0.3, 0.4) is 0 Å². The summed E-state index contributed by atoms with van der Waals surface area (Å²) in [5.74, 6) is 0.458. The number of azo groups is 1. The summed E-state index contributed by atoms with van der Waals surface area (Å²) < 4.78 is 6.89. The van der Waals surface area contributed by atoms with Crippen LogP contribution in [0.4, 0.5) is 17.1 Å². The van der Waals surface area contributed by atoms with Gasteiger partial charge in [0.05, 0.1) is 26.2 Å². The highest BCUT2D eigenvalue weighted by Gasteiger charge is 2.16. The van der Waals surface area contributed by atoms with E-state index >= 15 is 0 Å². The van der Waals surface area contributed by atoms with Gasteiger partial charge in [-0.05, 0) is 38.3 Å². The van der Waals surface area contributed by atoms with Gasteiger partial charge in [0.1, 0.15) is 5.69 Å². The second-order valence-electron chi connectivity index (χ2n) is 11.2. The SMILES string of the molecule is CCCCCCCCCCCCCCCCCCOc1cc(/N=N/c2c(Br)cc([N+](=O)[O-])cc2Br)c2ccccc2c1O. The summed E-state index contributed by atoms with van der Waals surface area (Å²) in [6.07, 6.45) is 21.0. The van der Waals surface area contributed by atoms with Crippen molar-refractivity contribution in [1.82, 2.24) is 0 Å². The van der Waals surface area contributed by atoms with Crippen molar-refractivity contribution in [2.24, 2.45) is 10.2 Å². The molecule has 0 aliphatic rings. The number of aromatic hydroxyl groups is 1. The van der Waals surface area contributed by atoms with Crippen LogP contribution in [0.15, 0.2) is 61.6 Å². The standard InChI is InChI=1S/C34H45Br2N3O4/c1-2-3-4-5-6-7-8-9-10-11-12-13-14-15-16-19-22-43-32-25-31(27-20-17-18-21-28(27)34(32)40)37-38-33-29(35)23-26(39(41)42)24-30(33)36/h17-18,20-21,23-25,40H,2-16,19,22H2,1H3/b38-37+. The van der Waals surface area contributed by atoms with Gasteiger partial charge in [-0.25, -0.2) is 0 Å². The molecule has 3 aromatic rings. The number of nitro groups is 1. The van der Waals surface area contributed by atoms with Crippen molar-refractivity contribution in [3.05, 3.63) is 61.5 Å². The highest BCUT2D eigenvalue weighted by atomic mass is 79.9. The second-order valence-corrected chi connectivity index (χ2v) is 12.9. The van der Waals surface area contributed by atoms with Crippen molar-refractivity contribution >= 4 is 59.7 Å². The van der Waals surface area contributed by atoms with Crippen LogP contribution in [0, 0.1) is 10.1 Å². The minimum atomic E-state index is -0.465. The third-order valence-corrected chi connectivity index (χ3v) is 8.89. The van der Waals surface area contributed by atoms with Gasteiger partial charge in [-0.1, -0.05) is 128 Å². The Labute approximate surface area is 272 Å². The summed E-state index contributed by atoms with van der Waals surface area (Å²) in [5.41, 5.74) is 0.906. The van der Waals surface area contributed by atoms with Gasteiger partial charge in [-0.15, -0.1) is 10.2 Å². The van der Waals surface area contributed by atoms with Crippen molar-refractivity contribution in [3.63, 3.8) is 0 Å². The highest BCUT2D eigenvalue weighted by molar-refractivity contribution is 9.11. The molecule has 0 unspecified atom stereocenters. The van der Waals surface area contributed by atoms with E-state index in [1.165, 1.54) is 102 Å². The van der Waals surface area contributed by atoms with E-state index in [0.717, 1.165) is 18.2 Å². The Morgan fingerprint density at radius 3 is 1.74 bits per heavy atom. The molecule has 234 valence electrons. The molecule has 43 heavy (non-hydrogen) atoms. The van der Waals surface area contributed by atoms with E-state index in [4.69, 9.17) is 4.74 Å². The lowest BCUT2D eigenvalue weighted by Crippen LogP contribution is -1.98. The lowest BCUT2D eigenvalue weighted by Gasteiger charge is -2.12. The minimum Gasteiger partial charge on any atom is -0.504 e. The fourth-order valence-corrected chi connectivity index (χ4v) is 6.52. The van der Waals surface area contributed by atoms with E-state index in [2.05, 4.69) is 49.0 Å². The minimum absolute atomic E-state index is 0.0578.